The van der Waals surface area contributed by atoms with Crippen LogP contribution in [0.1, 0.15) is 22.5 Å². The van der Waals surface area contributed by atoms with Crippen molar-refractivity contribution < 1.29 is 9.53 Å². The smallest absolute Gasteiger partial charge is 0.179 e. The third kappa shape index (κ3) is 1.65. The van der Waals surface area contributed by atoms with Crippen LogP contribution in [-0.2, 0) is 7.05 Å². The number of carbonyl (C=O) groups is 1. The molecule has 0 spiro atoms. The van der Waals surface area contributed by atoms with Gasteiger partial charge in [-0.25, -0.2) is 0 Å². The van der Waals surface area contributed by atoms with Gasteiger partial charge in [-0.3, -0.25) is 4.79 Å². The fourth-order valence-corrected chi connectivity index (χ4v) is 2.28. The lowest BCUT2D eigenvalue weighted by atomic mass is 10.0. The number of nitrogens with zero attached hydrogens (tertiary/aromatic N) is 2. The van der Waals surface area contributed by atoms with Gasteiger partial charge in [-0.2, -0.15) is 5.26 Å². The molecular formula is C14H14N2O2. The van der Waals surface area contributed by atoms with E-state index in [2.05, 4.69) is 0 Å². The zero-order chi connectivity index (χ0) is 13.3. The van der Waals surface area contributed by atoms with E-state index in [0.29, 0.717) is 5.56 Å². The average Bonchev–Trinajstić information content (AvgIpc) is 2.62. The van der Waals surface area contributed by atoms with Crippen molar-refractivity contribution in [3.8, 4) is 11.8 Å². The highest BCUT2D eigenvalue weighted by Gasteiger charge is 2.20. The fraction of sp³-hybridized carbons (Fsp3) is 0.286. The quantitative estimate of drug-likeness (QED) is 0.777. The molecule has 0 saturated carbocycles. The minimum absolute atomic E-state index is 0.100. The third-order valence-electron chi connectivity index (χ3n) is 3.21. The minimum atomic E-state index is -0.145. The topological polar surface area (TPSA) is 55.0 Å². The molecule has 0 bridgehead atoms. The summed E-state index contributed by atoms with van der Waals surface area (Å²) >= 11 is 0. The minimum Gasteiger partial charge on any atom is -0.495 e. The number of rotatable bonds is 3. The number of hydrogen-bond donors (Lipinski definition) is 0. The number of para-hydroxylation sites is 1. The van der Waals surface area contributed by atoms with Crippen molar-refractivity contribution in [2.45, 2.75) is 13.3 Å². The molecule has 92 valence electrons. The highest BCUT2D eigenvalue weighted by molar-refractivity contribution is 6.11. The summed E-state index contributed by atoms with van der Waals surface area (Å²) in [7, 11) is 3.50. The second-order valence-corrected chi connectivity index (χ2v) is 4.13. The van der Waals surface area contributed by atoms with E-state index in [-0.39, 0.29) is 12.2 Å². The maximum absolute atomic E-state index is 12.0. The van der Waals surface area contributed by atoms with E-state index in [4.69, 9.17) is 10.00 Å². The molecule has 0 aliphatic heterocycles. The number of methoxy groups -OCH3 is 1. The molecule has 0 N–H and O–H groups in total. The lowest BCUT2D eigenvalue weighted by Crippen LogP contribution is -2.00. The first-order valence-corrected chi connectivity index (χ1v) is 5.64. The molecule has 1 aromatic heterocycles. The maximum Gasteiger partial charge on any atom is 0.179 e. The molecule has 2 aromatic rings. The van der Waals surface area contributed by atoms with E-state index in [0.717, 1.165) is 22.3 Å². The molecule has 0 unspecified atom stereocenters. The SMILES string of the molecule is COc1cccc2c(C(=O)CC#N)c(C)n(C)c12. The zero-order valence-electron chi connectivity index (χ0n) is 10.7. The number of ether oxygens (including phenoxy) is 1. The Kier molecular flexibility index (Phi) is 3.07. The molecule has 0 radical (unpaired) electrons. The van der Waals surface area contributed by atoms with Crippen molar-refractivity contribution in [3.63, 3.8) is 0 Å². The molecule has 2 rings (SSSR count). The predicted octanol–water partition coefficient (Wildman–Crippen LogP) is 2.59. The highest BCUT2D eigenvalue weighted by Crippen LogP contribution is 2.32. The van der Waals surface area contributed by atoms with Gasteiger partial charge in [-0.15, -0.1) is 0 Å². The summed E-state index contributed by atoms with van der Waals surface area (Å²) in [4.78, 5) is 12.0. The number of carbonyl (C=O) groups excluding carboxylic acids is 1. The van der Waals surface area contributed by atoms with Crippen molar-refractivity contribution in [2.24, 2.45) is 7.05 Å². The van der Waals surface area contributed by atoms with E-state index in [1.54, 1.807) is 7.11 Å². The first-order valence-electron chi connectivity index (χ1n) is 5.64. The van der Waals surface area contributed by atoms with Crippen molar-refractivity contribution >= 4 is 16.7 Å². The molecule has 0 aliphatic rings. The molecule has 0 atom stereocenters. The Morgan fingerprint density at radius 2 is 2.22 bits per heavy atom. The molecule has 1 heterocycles. The Balaban J connectivity index is 2.80. The monoisotopic (exact) mass is 242 g/mol. The number of nitriles is 1. The van der Waals surface area contributed by atoms with Gasteiger partial charge in [-0.1, -0.05) is 12.1 Å². The number of fused-ring (bicyclic) bond motifs is 1. The molecule has 4 heteroatoms. The van der Waals surface area contributed by atoms with E-state index in [9.17, 15) is 4.79 Å². The number of benzene rings is 1. The number of Topliss-reactive ketones (excluding diaryl/α,β-unsaturated/α-hetero) is 1. The molecule has 0 saturated heterocycles. The lowest BCUT2D eigenvalue weighted by Gasteiger charge is -2.04. The van der Waals surface area contributed by atoms with Crippen molar-refractivity contribution in [1.29, 1.82) is 5.26 Å². The first kappa shape index (κ1) is 12.2. The van der Waals surface area contributed by atoms with Gasteiger partial charge in [0.1, 0.15) is 5.75 Å². The van der Waals surface area contributed by atoms with Gasteiger partial charge in [0.05, 0.1) is 25.1 Å². The lowest BCUT2D eigenvalue weighted by molar-refractivity contribution is 0.0998. The summed E-state index contributed by atoms with van der Waals surface area (Å²) in [5, 5.41) is 9.51. The Morgan fingerprint density at radius 1 is 1.50 bits per heavy atom. The van der Waals surface area contributed by atoms with Gasteiger partial charge in [0, 0.05) is 23.7 Å². The van der Waals surface area contributed by atoms with E-state index < -0.39 is 0 Å². The average molecular weight is 242 g/mol. The van der Waals surface area contributed by atoms with Crippen LogP contribution in [0.5, 0.6) is 5.75 Å². The van der Waals surface area contributed by atoms with Gasteiger partial charge in [-0.05, 0) is 13.0 Å². The van der Waals surface area contributed by atoms with Gasteiger partial charge in [0.2, 0.25) is 0 Å². The van der Waals surface area contributed by atoms with Crippen LogP contribution in [0.2, 0.25) is 0 Å². The van der Waals surface area contributed by atoms with E-state index in [1.807, 2.05) is 42.8 Å². The summed E-state index contributed by atoms with van der Waals surface area (Å²) in [6, 6.07) is 7.50. The summed E-state index contributed by atoms with van der Waals surface area (Å²) in [5.41, 5.74) is 2.36. The van der Waals surface area contributed by atoms with Crippen LogP contribution in [0.25, 0.3) is 10.9 Å². The highest BCUT2D eigenvalue weighted by atomic mass is 16.5. The van der Waals surface area contributed by atoms with Crippen LogP contribution in [0.4, 0.5) is 0 Å². The number of hydrogen-bond acceptors (Lipinski definition) is 3. The Bertz CT molecular complexity index is 662. The van der Waals surface area contributed by atoms with Crippen LogP contribution < -0.4 is 4.74 Å². The van der Waals surface area contributed by atoms with Crippen LogP contribution in [0, 0.1) is 18.3 Å². The Morgan fingerprint density at radius 3 is 2.83 bits per heavy atom. The van der Waals surface area contributed by atoms with Gasteiger partial charge in [0.15, 0.2) is 5.78 Å². The summed E-state index contributed by atoms with van der Waals surface area (Å²) in [6.07, 6.45) is -0.100. The largest absolute Gasteiger partial charge is 0.495 e. The fourth-order valence-electron chi connectivity index (χ4n) is 2.28. The second-order valence-electron chi connectivity index (χ2n) is 4.13. The number of aromatic nitrogens is 1. The first-order chi connectivity index (χ1) is 8.61. The summed E-state index contributed by atoms with van der Waals surface area (Å²) in [6.45, 7) is 1.88. The maximum atomic E-state index is 12.0. The second kappa shape index (κ2) is 4.53. The molecule has 0 fully saturated rings. The van der Waals surface area contributed by atoms with E-state index in [1.165, 1.54) is 0 Å². The van der Waals surface area contributed by atoms with Gasteiger partial charge < -0.3 is 9.30 Å². The summed E-state index contributed by atoms with van der Waals surface area (Å²) in [5.74, 6) is 0.586. The number of ketones is 1. The molecule has 0 aliphatic carbocycles. The molecule has 1 aromatic carbocycles. The Hall–Kier alpha value is -2.28. The normalized spacial score (nSPS) is 10.3. The van der Waals surface area contributed by atoms with Crippen molar-refractivity contribution in [3.05, 3.63) is 29.5 Å². The molecule has 18 heavy (non-hydrogen) atoms. The molecule has 4 nitrogen and oxygen atoms in total. The van der Waals surface area contributed by atoms with Crippen molar-refractivity contribution in [1.82, 2.24) is 4.57 Å². The van der Waals surface area contributed by atoms with Gasteiger partial charge >= 0.3 is 0 Å². The standard InChI is InChI=1S/C14H14N2O2/c1-9-13(11(17)7-8-15)10-5-4-6-12(18-3)14(10)16(9)2/h4-6H,7H2,1-3H3. The van der Waals surface area contributed by atoms with Crippen LogP contribution >= 0.6 is 0 Å². The van der Waals surface area contributed by atoms with Crippen LogP contribution in [0.3, 0.4) is 0 Å². The Labute approximate surface area is 105 Å². The predicted molar refractivity (Wildman–Crippen MR) is 68.8 cm³/mol. The van der Waals surface area contributed by atoms with Crippen molar-refractivity contribution in [2.75, 3.05) is 7.11 Å². The van der Waals surface area contributed by atoms with Gasteiger partial charge in [0.25, 0.3) is 0 Å². The number of aryl methyl sites for hydroxylation is 1. The molecular weight excluding hydrogens is 228 g/mol. The third-order valence-corrected chi connectivity index (χ3v) is 3.21. The zero-order valence-corrected chi connectivity index (χ0v) is 10.7. The van der Waals surface area contributed by atoms with Crippen LogP contribution in [-0.4, -0.2) is 17.5 Å². The summed E-state index contributed by atoms with van der Waals surface area (Å²) < 4.78 is 7.25. The van der Waals surface area contributed by atoms with Crippen LogP contribution in [0.15, 0.2) is 18.2 Å². The molecule has 0 amide bonds. The van der Waals surface area contributed by atoms with E-state index >= 15 is 0 Å².